The number of para-hydroxylation sites is 2. The first-order valence-electron chi connectivity index (χ1n) is 11.1. The van der Waals surface area contributed by atoms with Crippen molar-refractivity contribution < 1.29 is 13.2 Å². The predicted octanol–water partition coefficient (Wildman–Crippen LogP) is 5.06. The smallest absolute Gasteiger partial charge is 0.266 e. The van der Waals surface area contributed by atoms with Crippen LogP contribution >= 0.6 is 0 Å². The van der Waals surface area contributed by atoms with Gasteiger partial charge in [0.25, 0.3) is 15.9 Å². The van der Waals surface area contributed by atoms with E-state index in [1.165, 1.54) is 12.1 Å². The highest BCUT2D eigenvalue weighted by Gasteiger charge is 2.23. The number of aryl methyl sites for hydroxylation is 2. The Kier molecular flexibility index (Phi) is 5.53. The summed E-state index contributed by atoms with van der Waals surface area (Å²) in [7, 11) is -3.98. The third-order valence-electron chi connectivity index (χ3n) is 6.02. The van der Waals surface area contributed by atoms with E-state index in [9.17, 15) is 13.2 Å². The van der Waals surface area contributed by atoms with E-state index in [0.717, 1.165) is 39.4 Å². The largest absolute Gasteiger partial charge is 0.338 e. The molecule has 5 aromatic rings. The number of imidazole rings is 1. The van der Waals surface area contributed by atoms with E-state index < -0.39 is 15.9 Å². The molecule has 0 unspecified atom stereocenters. The molecule has 0 aliphatic carbocycles. The summed E-state index contributed by atoms with van der Waals surface area (Å²) >= 11 is 0. The van der Waals surface area contributed by atoms with Gasteiger partial charge in [0.15, 0.2) is 0 Å². The molecule has 1 amide bonds. The van der Waals surface area contributed by atoms with Crippen LogP contribution in [0.2, 0.25) is 0 Å². The molecule has 0 aliphatic heterocycles. The summed E-state index contributed by atoms with van der Waals surface area (Å²) in [6.07, 6.45) is 0. The SMILES string of the molecule is Cc1ccc(S(=O)(=O)NC(=O)c2cc(C)n(-c3ccc(-c4nc5ccccc5[nH]4)cc3)c2C)cc1. The molecule has 0 saturated carbocycles. The molecule has 2 N–H and O–H groups in total. The number of hydrogen-bond donors (Lipinski definition) is 2. The highest BCUT2D eigenvalue weighted by atomic mass is 32.2. The van der Waals surface area contributed by atoms with Crippen LogP contribution in [0.15, 0.2) is 83.8 Å². The van der Waals surface area contributed by atoms with E-state index in [1.54, 1.807) is 25.1 Å². The van der Waals surface area contributed by atoms with E-state index in [2.05, 4.69) is 14.7 Å². The van der Waals surface area contributed by atoms with Gasteiger partial charge in [-0.05, 0) is 75.4 Å². The molecule has 0 fully saturated rings. The average molecular weight is 485 g/mol. The van der Waals surface area contributed by atoms with Crippen molar-refractivity contribution in [3.05, 3.63) is 101 Å². The molecular formula is C27H24N4O3S. The number of carbonyl (C=O) groups excluding carboxylic acids is 1. The summed E-state index contributed by atoms with van der Waals surface area (Å²) in [5.74, 6) is 0.115. The molecule has 0 bridgehead atoms. The highest BCUT2D eigenvalue weighted by Crippen LogP contribution is 2.25. The van der Waals surface area contributed by atoms with E-state index >= 15 is 0 Å². The summed E-state index contributed by atoms with van der Waals surface area (Å²) in [6, 6.07) is 23.7. The van der Waals surface area contributed by atoms with Crippen LogP contribution in [0.4, 0.5) is 0 Å². The van der Waals surface area contributed by atoms with Crippen LogP contribution in [-0.2, 0) is 10.0 Å². The first-order chi connectivity index (χ1) is 16.7. The first kappa shape index (κ1) is 22.6. The number of carbonyl (C=O) groups is 1. The third-order valence-corrected chi connectivity index (χ3v) is 7.37. The first-order valence-corrected chi connectivity index (χ1v) is 12.6. The minimum Gasteiger partial charge on any atom is -0.338 e. The van der Waals surface area contributed by atoms with Gasteiger partial charge in [-0.1, -0.05) is 29.8 Å². The lowest BCUT2D eigenvalue weighted by atomic mass is 10.2. The van der Waals surface area contributed by atoms with Gasteiger partial charge in [0.1, 0.15) is 5.82 Å². The standard InChI is InChI=1S/C27H24N4O3S/c1-17-8-14-22(15-9-17)35(33,34)30-27(32)23-16-18(2)31(19(23)3)21-12-10-20(11-13-21)26-28-24-6-4-5-7-25(24)29-26/h4-16H,1-3H3,(H,28,29)(H,30,32). The number of benzene rings is 3. The monoisotopic (exact) mass is 484 g/mol. The van der Waals surface area contributed by atoms with E-state index in [-0.39, 0.29) is 4.90 Å². The summed E-state index contributed by atoms with van der Waals surface area (Å²) in [4.78, 5) is 20.9. The molecule has 35 heavy (non-hydrogen) atoms. The lowest BCUT2D eigenvalue weighted by Gasteiger charge is -2.11. The lowest BCUT2D eigenvalue weighted by Crippen LogP contribution is -2.30. The molecule has 8 heteroatoms. The lowest BCUT2D eigenvalue weighted by molar-refractivity contribution is 0.0981. The van der Waals surface area contributed by atoms with Crippen LogP contribution in [0.5, 0.6) is 0 Å². The second-order valence-corrected chi connectivity index (χ2v) is 10.2. The third kappa shape index (κ3) is 4.24. The van der Waals surface area contributed by atoms with E-state index in [1.807, 2.05) is 66.9 Å². The minimum absolute atomic E-state index is 0.0476. The van der Waals surface area contributed by atoms with Crippen molar-refractivity contribution in [1.82, 2.24) is 19.3 Å². The molecule has 0 radical (unpaired) electrons. The van der Waals surface area contributed by atoms with Crippen LogP contribution < -0.4 is 4.72 Å². The Bertz CT molecular complexity index is 1630. The van der Waals surface area contributed by atoms with Gasteiger partial charge in [-0.2, -0.15) is 0 Å². The molecule has 176 valence electrons. The Labute approximate surface area is 203 Å². The normalized spacial score (nSPS) is 11.6. The van der Waals surface area contributed by atoms with Crippen molar-refractivity contribution in [2.24, 2.45) is 0 Å². The molecule has 2 heterocycles. The van der Waals surface area contributed by atoms with Crippen LogP contribution in [0.1, 0.15) is 27.3 Å². The summed E-state index contributed by atoms with van der Waals surface area (Å²) in [6.45, 7) is 5.55. The van der Waals surface area contributed by atoms with Gasteiger partial charge < -0.3 is 9.55 Å². The number of rotatable bonds is 5. The molecule has 0 aliphatic rings. The maximum atomic E-state index is 12.9. The second-order valence-electron chi connectivity index (χ2n) is 8.52. The Balaban J connectivity index is 1.42. The molecule has 2 aromatic heterocycles. The van der Waals surface area contributed by atoms with Gasteiger partial charge in [-0.3, -0.25) is 4.79 Å². The average Bonchev–Trinajstić information content (AvgIpc) is 3.40. The molecule has 0 saturated heterocycles. The fraction of sp³-hybridized carbons (Fsp3) is 0.111. The Morgan fingerprint density at radius 2 is 1.60 bits per heavy atom. The fourth-order valence-electron chi connectivity index (χ4n) is 4.20. The highest BCUT2D eigenvalue weighted by molar-refractivity contribution is 7.90. The Hall–Kier alpha value is -4.17. The fourth-order valence-corrected chi connectivity index (χ4v) is 5.17. The van der Waals surface area contributed by atoms with Gasteiger partial charge >= 0.3 is 0 Å². The number of nitrogens with one attached hydrogen (secondary N) is 2. The molecule has 0 spiro atoms. The van der Waals surface area contributed by atoms with Crippen molar-refractivity contribution in [2.75, 3.05) is 0 Å². The molecular weight excluding hydrogens is 460 g/mol. The van der Waals surface area contributed by atoms with E-state index in [0.29, 0.717) is 11.3 Å². The number of amides is 1. The van der Waals surface area contributed by atoms with Crippen LogP contribution in [-0.4, -0.2) is 28.9 Å². The zero-order valence-electron chi connectivity index (χ0n) is 19.5. The van der Waals surface area contributed by atoms with E-state index in [4.69, 9.17) is 0 Å². The summed E-state index contributed by atoms with van der Waals surface area (Å²) in [5, 5.41) is 0. The molecule has 5 rings (SSSR count). The molecule has 7 nitrogen and oxygen atoms in total. The quantitative estimate of drug-likeness (QED) is 0.364. The van der Waals surface area contributed by atoms with Crippen molar-refractivity contribution >= 4 is 27.0 Å². The number of fused-ring (bicyclic) bond motifs is 1. The Morgan fingerprint density at radius 3 is 2.29 bits per heavy atom. The zero-order chi connectivity index (χ0) is 24.7. The van der Waals surface area contributed by atoms with Crippen molar-refractivity contribution in [3.63, 3.8) is 0 Å². The summed E-state index contributed by atoms with van der Waals surface area (Å²) in [5.41, 5.74) is 6.38. The minimum atomic E-state index is -3.98. The van der Waals surface area contributed by atoms with Gasteiger partial charge in [0.2, 0.25) is 0 Å². The topological polar surface area (TPSA) is 96.8 Å². The zero-order valence-corrected chi connectivity index (χ0v) is 20.3. The Morgan fingerprint density at radius 1 is 0.914 bits per heavy atom. The number of hydrogen-bond acceptors (Lipinski definition) is 4. The number of H-pyrrole nitrogens is 1. The van der Waals surface area contributed by atoms with Gasteiger partial charge in [-0.25, -0.2) is 18.1 Å². The molecule has 3 aromatic carbocycles. The van der Waals surface area contributed by atoms with Gasteiger partial charge in [0, 0.05) is 22.6 Å². The molecule has 0 atom stereocenters. The van der Waals surface area contributed by atoms with Crippen molar-refractivity contribution in [2.45, 2.75) is 25.7 Å². The predicted molar refractivity (Wildman–Crippen MR) is 136 cm³/mol. The van der Waals surface area contributed by atoms with Crippen LogP contribution in [0, 0.1) is 20.8 Å². The van der Waals surface area contributed by atoms with Crippen LogP contribution in [0.25, 0.3) is 28.1 Å². The number of aromatic nitrogens is 3. The van der Waals surface area contributed by atoms with Crippen molar-refractivity contribution in [1.29, 1.82) is 0 Å². The number of nitrogens with zero attached hydrogens (tertiary/aromatic N) is 2. The summed E-state index contributed by atoms with van der Waals surface area (Å²) < 4.78 is 29.5. The number of aromatic amines is 1. The van der Waals surface area contributed by atoms with Crippen LogP contribution in [0.3, 0.4) is 0 Å². The maximum Gasteiger partial charge on any atom is 0.266 e. The second kappa shape index (κ2) is 8.56. The number of sulfonamides is 1. The van der Waals surface area contributed by atoms with Crippen molar-refractivity contribution in [3.8, 4) is 17.1 Å². The van der Waals surface area contributed by atoms with Gasteiger partial charge in [0.05, 0.1) is 21.5 Å². The van der Waals surface area contributed by atoms with Gasteiger partial charge in [-0.15, -0.1) is 0 Å². The maximum absolute atomic E-state index is 12.9.